The summed E-state index contributed by atoms with van der Waals surface area (Å²) < 4.78 is 0. The second-order valence-corrected chi connectivity index (χ2v) is 3.70. The van der Waals surface area contributed by atoms with Crippen LogP contribution in [0.3, 0.4) is 0 Å². The average molecular weight is 168 g/mol. The molecule has 0 spiro atoms. The van der Waals surface area contributed by atoms with E-state index in [-0.39, 0.29) is 0 Å². The molecule has 2 aliphatic heterocycles. The predicted octanol–water partition coefficient (Wildman–Crippen LogP) is 0.313. The van der Waals surface area contributed by atoms with E-state index in [0.717, 1.165) is 19.6 Å². The smallest absolute Gasteiger partial charge is 0.236 e. The van der Waals surface area contributed by atoms with Crippen LogP contribution in [0.1, 0.15) is 19.8 Å². The average Bonchev–Trinajstić information content (AvgIpc) is 2.49. The molecule has 3 nitrogen and oxygen atoms in total. The van der Waals surface area contributed by atoms with Crippen LogP contribution in [0.5, 0.6) is 0 Å². The largest absolute Gasteiger partial charge is 0.340 e. The maximum absolute atomic E-state index is 11.5. The first-order valence-corrected chi connectivity index (χ1v) is 4.83. The third kappa shape index (κ3) is 1.22. The van der Waals surface area contributed by atoms with Crippen molar-refractivity contribution in [2.75, 3.05) is 26.2 Å². The Kier molecular flexibility index (Phi) is 2.05. The number of rotatable bonds is 1. The Morgan fingerprint density at radius 1 is 1.58 bits per heavy atom. The highest BCUT2D eigenvalue weighted by Crippen LogP contribution is 2.21. The summed E-state index contributed by atoms with van der Waals surface area (Å²) in [5.74, 6) is 0.315. The lowest BCUT2D eigenvalue weighted by atomic mass is 10.1. The van der Waals surface area contributed by atoms with Crippen molar-refractivity contribution in [3.05, 3.63) is 0 Å². The molecule has 1 atom stereocenters. The second kappa shape index (κ2) is 3.05. The maximum atomic E-state index is 11.5. The minimum absolute atomic E-state index is 0.315. The van der Waals surface area contributed by atoms with Gasteiger partial charge in [-0.25, -0.2) is 0 Å². The highest BCUT2D eigenvalue weighted by molar-refractivity contribution is 5.79. The van der Waals surface area contributed by atoms with Gasteiger partial charge in [-0.3, -0.25) is 9.69 Å². The van der Waals surface area contributed by atoms with Gasteiger partial charge < -0.3 is 4.90 Å². The van der Waals surface area contributed by atoms with Crippen LogP contribution < -0.4 is 0 Å². The first-order valence-electron chi connectivity index (χ1n) is 4.83. The zero-order valence-corrected chi connectivity index (χ0v) is 7.62. The van der Waals surface area contributed by atoms with E-state index in [2.05, 4.69) is 11.8 Å². The molecule has 0 N–H and O–H groups in total. The van der Waals surface area contributed by atoms with Gasteiger partial charge in [0.1, 0.15) is 0 Å². The van der Waals surface area contributed by atoms with Crippen LogP contribution >= 0.6 is 0 Å². The monoisotopic (exact) mass is 168 g/mol. The zero-order valence-electron chi connectivity index (χ0n) is 7.62. The van der Waals surface area contributed by atoms with E-state index < -0.39 is 0 Å². The Morgan fingerprint density at radius 2 is 2.42 bits per heavy atom. The molecule has 0 saturated carbocycles. The molecule has 1 unspecified atom stereocenters. The standard InChI is InChI=1S/C9H16N2O/c1-2-10-6-8-4-3-5-11(8)7-9(10)12/h8H,2-7H2,1H3. The van der Waals surface area contributed by atoms with Crippen molar-refractivity contribution in [3.63, 3.8) is 0 Å². The SMILES string of the molecule is CCN1CC2CCCN2CC1=O. The topological polar surface area (TPSA) is 23.6 Å². The number of piperazine rings is 1. The highest BCUT2D eigenvalue weighted by Gasteiger charge is 2.33. The molecule has 2 aliphatic rings. The Labute approximate surface area is 73.3 Å². The highest BCUT2D eigenvalue weighted by atomic mass is 16.2. The molecule has 2 saturated heterocycles. The van der Waals surface area contributed by atoms with Crippen molar-refractivity contribution in [1.82, 2.24) is 9.80 Å². The maximum Gasteiger partial charge on any atom is 0.236 e. The fourth-order valence-electron chi connectivity index (χ4n) is 2.25. The molecule has 68 valence electrons. The molecule has 0 aromatic carbocycles. The van der Waals surface area contributed by atoms with Gasteiger partial charge in [-0.2, -0.15) is 0 Å². The molecule has 0 bridgehead atoms. The third-order valence-electron chi connectivity index (χ3n) is 3.00. The number of fused-ring (bicyclic) bond motifs is 1. The van der Waals surface area contributed by atoms with E-state index in [4.69, 9.17) is 0 Å². The van der Waals surface area contributed by atoms with E-state index in [1.807, 2.05) is 4.90 Å². The molecule has 12 heavy (non-hydrogen) atoms. The normalized spacial score (nSPS) is 30.9. The van der Waals surface area contributed by atoms with Crippen molar-refractivity contribution in [2.24, 2.45) is 0 Å². The van der Waals surface area contributed by atoms with E-state index in [1.54, 1.807) is 0 Å². The lowest BCUT2D eigenvalue weighted by molar-refractivity contribution is -0.137. The number of nitrogens with zero attached hydrogens (tertiary/aromatic N) is 2. The van der Waals surface area contributed by atoms with Crippen LogP contribution in [0.2, 0.25) is 0 Å². The Morgan fingerprint density at radius 3 is 3.17 bits per heavy atom. The number of hydrogen-bond donors (Lipinski definition) is 0. The number of hydrogen-bond acceptors (Lipinski definition) is 2. The van der Waals surface area contributed by atoms with Crippen molar-refractivity contribution in [3.8, 4) is 0 Å². The molecule has 1 amide bonds. The predicted molar refractivity (Wildman–Crippen MR) is 46.8 cm³/mol. The Bertz CT molecular complexity index is 193. The quantitative estimate of drug-likeness (QED) is 0.562. The van der Waals surface area contributed by atoms with Crippen LogP contribution in [-0.2, 0) is 4.79 Å². The molecule has 3 heteroatoms. The molecule has 2 heterocycles. The van der Waals surface area contributed by atoms with Crippen molar-refractivity contribution in [1.29, 1.82) is 0 Å². The van der Waals surface area contributed by atoms with Crippen LogP contribution in [0.4, 0.5) is 0 Å². The fourth-order valence-corrected chi connectivity index (χ4v) is 2.25. The molecule has 2 fully saturated rings. The van der Waals surface area contributed by atoms with Crippen LogP contribution in [0, 0.1) is 0 Å². The number of carbonyl (C=O) groups is 1. The van der Waals surface area contributed by atoms with Gasteiger partial charge in [-0.15, -0.1) is 0 Å². The summed E-state index contributed by atoms with van der Waals surface area (Å²) in [6, 6.07) is 0.669. The molecular formula is C9H16N2O. The van der Waals surface area contributed by atoms with Gasteiger partial charge in [0.25, 0.3) is 0 Å². The van der Waals surface area contributed by atoms with Gasteiger partial charge >= 0.3 is 0 Å². The summed E-state index contributed by atoms with van der Waals surface area (Å²) in [5.41, 5.74) is 0. The minimum atomic E-state index is 0.315. The molecule has 0 aliphatic carbocycles. The van der Waals surface area contributed by atoms with Gasteiger partial charge in [0, 0.05) is 19.1 Å². The Hall–Kier alpha value is -0.570. The molecule has 2 rings (SSSR count). The van der Waals surface area contributed by atoms with Crippen molar-refractivity contribution in [2.45, 2.75) is 25.8 Å². The van der Waals surface area contributed by atoms with Crippen molar-refractivity contribution < 1.29 is 4.79 Å². The molecule has 0 aromatic rings. The summed E-state index contributed by atoms with van der Waals surface area (Å²) in [7, 11) is 0. The third-order valence-corrected chi connectivity index (χ3v) is 3.00. The van der Waals surface area contributed by atoms with Gasteiger partial charge in [-0.05, 0) is 26.3 Å². The van der Waals surface area contributed by atoms with Gasteiger partial charge in [-0.1, -0.05) is 0 Å². The lowest BCUT2D eigenvalue weighted by Gasteiger charge is -2.36. The van der Waals surface area contributed by atoms with Gasteiger partial charge in [0.05, 0.1) is 6.54 Å². The Balaban J connectivity index is 2.03. The summed E-state index contributed by atoms with van der Waals surface area (Å²) in [6.45, 7) is 5.70. The number of amides is 1. The summed E-state index contributed by atoms with van der Waals surface area (Å²) in [4.78, 5) is 15.8. The minimum Gasteiger partial charge on any atom is -0.340 e. The zero-order chi connectivity index (χ0) is 8.55. The van der Waals surface area contributed by atoms with E-state index in [0.29, 0.717) is 18.5 Å². The van der Waals surface area contributed by atoms with Gasteiger partial charge in [0.15, 0.2) is 0 Å². The first-order chi connectivity index (χ1) is 5.81. The fraction of sp³-hybridized carbons (Fsp3) is 0.889. The van der Waals surface area contributed by atoms with Crippen LogP contribution in [-0.4, -0.2) is 47.9 Å². The van der Waals surface area contributed by atoms with E-state index in [1.165, 1.54) is 12.8 Å². The van der Waals surface area contributed by atoms with Crippen LogP contribution in [0.25, 0.3) is 0 Å². The summed E-state index contributed by atoms with van der Waals surface area (Å²) in [6.07, 6.45) is 2.55. The summed E-state index contributed by atoms with van der Waals surface area (Å²) in [5, 5.41) is 0. The first kappa shape index (κ1) is 8.05. The van der Waals surface area contributed by atoms with Crippen LogP contribution in [0.15, 0.2) is 0 Å². The van der Waals surface area contributed by atoms with Crippen molar-refractivity contribution >= 4 is 5.91 Å². The lowest BCUT2D eigenvalue weighted by Crippen LogP contribution is -2.53. The summed E-state index contributed by atoms with van der Waals surface area (Å²) >= 11 is 0. The molecule has 0 aromatic heterocycles. The second-order valence-electron chi connectivity index (χ2n) is 3.70. The molecule has 0 radical (unpaired) electrons. The van der Waals surface area contributed by atoms with E-state index >= 15 is 0 Å². The van der Waals surface area contributed by atoms with Gasteiger partial charge in [0.2, 0.25) is 5.91 Å². The molecular weight excluding hydrogens is 152 g/mol. The number of likely N-dealkylation sites (N-methyl/N-ethyl adjacent to an activating group) is 1. The van der Waals surface area contributed by atoms with E-state index in [9.17, 15) is 4.79 Å². The number of carbonyl (C=O) groups excluding carboxylic acids is 1.